The molecule has 23 heavy (non-hydrogen) atoms. The molecule has 118 valence electrons. The molecule has 1 N–H and O–H groups in total. The Kier molecular flexibility index (Phi) is 4.08. The van der Waals surface area contributed by atoms with E-state index >= 15 is 0 Å². The van der Waals surface area contributed by atoms with Crippen molar-refractivity contribution in [1.29, 1.82) is 0 Å². The van der Waals surface area contributed by atoms with Gasteiger partial charge in [-0.15, -0.1) is 0 Å². The van der Waals surface area contributed by atoms with Crippen molar-refractivity contribution >= 4 is 27.5 Å². The van der Waals surface area contributed by atoms with Crippen LogP contribution < -0.4 is 5.32 Å². The zero-order chi connectivity index (χ0) is 16.4. The van der Waals surface area contributed by atoms with E-state index in [0.29, 0.717) is 6.54 Å². The number of amides is 1. The molecular weight excluding hydrogens is 282 g/mol. The number of hydrogen-bond acceptors (Lipinski definition) is 1. The van der Waals surface area contributed by atoms with E-state index in [-0.39, 0.29) is 11.3 Å². The van der Waals surface area contributed by atoms with Gasteiger partial charge in [-0.2, -0.15) is 0 Å². The molecule has 0 unspecified atom stereocenters. The predicted octanol–water partition coefficient (Wildman–Crippen LogP) is 4.70. The topological polar surface area (TPSA) is 29.1 Å². The van der Waals surface area contributed by atoms with Crippen molar-refractivity contribution in [3.05, 3.63) is 60.2 Å². The van der Waals surface area contributed by atoms with Gasteiger partial charge in [0.05, 0.1) is 0 Å². The number of rotatable bonds is 3. The van der Waals surface area contributed by atoms with Crippen molar-refractivity contribution in [3.8, 4) is 0 Å². The molecule has 0 fully saturated rings. The van der Waals surface area contributed by atoms with Gasteiger partial charge in [-0.3, -0.25) is 4.79 Å². The highest BCUT2D eigenvalue weighted by Gasteiger charge is 2.20. The van der Waals surface area contributed by atoms with Crippen LogP contribution in [-0.2, 0) is 11.2 Å². The Bertz CT molecular complexity index is 858. The molecule has 2 heteroatoms. The van der Waals surface area contributed by atoms with Crippen molar-refractivity contribution in [3.63, 3.8) is 0 Å². The van der Waals surface area contributed by atoms with E-state index in [1.54, 1.807) is 0 Å². The van der Waals surface area contributed by atoms with Crippen molar-refractivity contribution in [1.82, 2.24) is 5.32 Å². The molecule has 0 heterocycles. The van der Waals surface area contributed by atoms with Crippen LogP contribution in [0.25, 0.3) is 21.5 Å². The first kappa shape index (κ1) is 15.5. The van der Waals surface area contributed by atoms with Gasteiger partial charge in [-0.25, -0.2) is 0 Å². The fourth-order valence-electron chi connectivity index (χ4n) is 2.73. The largest absolute Gasteiger partial charge is 0.355 e. The Morgan fingerprint density at radius 1 is 0.870 bits per heavy atom. The first-order valence-corrected chi connectivity index (χ1v) is 8.13. The van der Waals surface area contributed by atoms with E-state index in [1.165, 1.54) is 27.1 Å². The third-order valence-electron chi connectivity index (χ3n) is 4.15. The molecule has 3 aromatic rings. The third-order valence-corrected chi connectivity index (χ3v) is 4.15. The van der Waals surface area contributed by atoms with E-state index in [4.69, 9.17) is 0 Å². The highest BCUT2D eigenvalue weighted by Crippen LogP contribution is 2.23. The van der Waals surface area contributed by atoms with Gasteiger partial charge >= 0.3 is 0 Å². The van der Waals surface area contributed by atoms with Crippen molar-refractivity contribution in [2.24, 2.45) is 5.41 Å². The summed E-state index contributed by atoms with van der Waals surface area (Å²) in [7, 11) is 0. The molecule has 0 saturated heterocycles. The fraction of sp³-hybridized carbons (Fsp3) is 0.286. The zero-order valence-electron chi connectivity index (χ0n) is 14.0. The van der Waals surface area contributed by atoms with Crippen LogP contribution in [0.5, 0.6) is 0 Å². The molecule has 0 atom stereocenters. The van der Waals surface area contributed by atoms with Crippen LogP contribution in [0.4, 0.5) is 0 Å². The maximum absolute atomic E-state index is 11.9. The third kappa shape index (κ3) is 3.53. The van der Waals surface area contributed by atoms with Crippen LogP contribution in [0, 0.1) is 5.41 Å². The molecule has 0 aliphatic heterocycles. The van der Waals surface area contributed by atoms with Crippen LogP contribution in [0.1, 0.15) is 26.3 Å². The van der Waals surface area contributed by atoms with E-state index in [2.05, 4.69) is 59.9 Å². The summed E-state index contributed by atoms with van der Waals surface area (Å²) in [4.78, 5) is 11.9. The van der Waals surface area contributed by atoms with Gasteiger partial charge in [-0.1, -0.05) is 63.2 Å². The molecule has 0 aliphatic carbocycles. The second-order valence-corrected chi connectivity index (χ2v) is 7.14. The van der Waals surface area contributed by atoms with E-state index in [9.17, 15) is 4.79 Å². The second-order valence-electron chi connectivity index (χ2n) is 7.14. The molecule has 0 bridgehead atoms. The van der Waals surface area contributed by atoms with Crippen LogP contribution >= 0.6 is 0 Å². The normalized spacial score (nSPS) is 11.8. The maximum atomic E-state index is 11.9. The average Bonchev–Trinajstić information content (AvgIpc) is 2.51. The zero-order valence-corrected chi connectivity index (χ0v) is 14.0. The molecule has 0 saturated carbocycles. The summed E-state index contributed by atoms with van der Waals surface area (Å²) in [5.41, 5.74) is 0.921. The van der Waals surface area contributed by atoms with Gasteiger partial charge in [0.2, 0.25) is 5.91 Å². The number of benzene rings is 3. The lowest BCUT2D eigenvalue weighted by Gasteiger charge is -2.17. The molecule has 0 spiro atoms. The highest BCUT2D eigenvalue weighted by atomic mass is 16.2. The Morgan fingerprint density at radius 3 is 2.13 bits per heavy atom. The van der Waals surface area contributed by atoms with Crippen molar-refractivity contribution in [2.75, 3.05) is 6.54 Å². The van der Waals surface area contributed by atoms with E-state index < -0.39 is 0 Å². The van der Waals surface area contributed by atoms with Crippen LogP contribution in [-0.4, -0.2) is 12.5 Å². The lowest BCUT2D eigenvalue weighted by Crippen LogP contribution is -2.35. The Morgan fingerprint density at radius 2 is 1.48 bits per heavy atom. The minimum atomic E-state index is -0.331. The fourth-order valence-corrected chi connectivity index (χ4v) is 2.73. The molecule has 3 aromatic carbocycles. The lowest BCUT2D eigenvalue weighted by molar-refractivity contribution is -0.128. The number of nitrogens with one attached hydrogen (secondary N) is 1. The number of carbonyl (C=O) groups is 1. The van der Waals surface area contributed by atoms with Gasteiger partial charge in [0.25, 0.3) is 0 Å². The molecule has 0 aromatic heterocycles. The highest BCUT2D eigenvalue weighted by molar-refractivity contribution is 5.98. The summed E-state index contributed by atoms with van der Waals surface area (Å²) in [5.74, 6) is 0.101. The lowest BCUT2D eigenvalue weighted by atomic mass is 9.95. The number of carbonyl (C=O) groups excluding carboxylic acids is 1. The Balaban J connectivity index is 1.77. The number of hydrogen-bond donors (Lipinski definition) is 1. The van der Waals surface area contributed by atoms with Crippen LogP contribution in [0.15, 0.2) is 54.6 Å². The summed E-state index contributed by atoms with van der Waals surface area (Å²) in [6, 6.07) is 19.4. The Hall–Kier alpha value is -2.35. The van der Waals surface area contributed by atoms with Crippen LogP contribution in [0.3, 0.4) is 0 Å². The SMILES string of the molecule is CC(C)(C)C(=O)NCCc1ccc2cc3ccccc3cc2c1. The summed E-state index contributed by atoms with van der Waals surface area (Å²) >= 11 is 0. The van der Waals surface area contributed by atoms with Gasteiger partial charge in [0, 0.05) is 12.0 Å². The average molecular weight is 305 g/mol. The second kappa shape index (κ2) is 6.04. The number of fused-ring (bicyclic) bond motifs is 2. The quantitative estimate of drug-likeness (QED) is 0.698. The monoisotopic (exact) mass is 305 g/mol. The smallest absolute Gasteiger partial charge is 0.225 e. The summed E-state index contributed by atoms with van der Waals surface area (Å²) in [6.45, 7) is 6.48. The predicted molar refractivity (Wildman–Crippen MR) is 97.6 cm³/mol. The molecule has 0 radical (unpaired) electrons. The minimum absolute atomic E-state index is 0.101. The molecule has 2 nitrogen and oxygen atoms in total. The van der Waals surface area contributed by atoms with Gasteiger partial charge in [0.15, 0.2) is 0 Å². The van der Waals surface area contributed by atoms with Crippen molar-refractivity contribution in [2.45, 2.75) is 27.2 Å². The molecule has 3 rings (SSSR count). The minimum Gasteiger partial charge on any atom is -0.355 e. The van der Waals surface area contributed by atoms with E-state index in [1.807, 2.05) is 20.8 Å². The van der Waals surface area contributed by atoms with Crippen LogP contribution in [0.2, 0.25) is 0 Å². The molecular formula is C21H23NO. The van der Waals surface area contributed by atoms with E-state index in [0.717, 1.165) is 6.42 Å². The van der Waals surface area contributed by atoms with Gasteiger partial charge in [0.1, 0.15) is 0 Å². The molecule has 1 amide bonds. The van der Waals surface area contributed by atoms with Crippen molar-refractivity contribution < 1.29 is 4.79 Å². The first-order chi connectivity index (χ1) is 10.9. The summed E-state index contributed by atoms with van der Waals surface area (Å²) < 4.78 is 0. The summed E-state index contributed by atoms with van der Waals surface area (Å²) in [5, 5.41) is 8.05. The standard InChI is InChI=1S/C21H23NO/c1-21(2,3)20(23)22-11-10-15-8-9-18-13-16-6-4-5-7-17(16)14-19(18)12-15/h4-9,12-14H,10-11H2,1-3H3,(H,22,23). The summed E-state index contributed by atoms with van der Waals surface area (Å²) in [6.07, 6.45) is 0.852. The molecule has 0 aliphatic rings. The van der Waals surface area contributed by atoms with Gasteiger partial charge in [-0.05, 0) is 45.7 Å². The Labute approximate surface area is 137 Å². The maximum Gasteiger partial charge on any atom is 0.225 e. The first-order valence-electron chi connectivity index (χ1n) is 8.13. The van der Waals surface area contributed by atoms with Gasteiger partial charge < -0.3 is 5.32 Å².